The lowest BCUT2D eigenvalue weighted by Crippen LogP contribution is -2.27. The van der Waals surface area contributed by atoms with E-state index in [0.29, 0.717) is 10.6 Å². The standard InChI is InChI=1S/C16H15ClINO3S/c1-10(11-3-6-13(7-4-11)23(2,21)22)19-16(20)14-8-5-12(17)9-15(14)18/h3-10H,1-2H3,(H,19,20). The Morgan fingerprint density at radius 1 is 1.17 bits per heavy atom. The molecule has 0 fully saturated rings. The summed E-state index contributed by atoms with van der Waals surface area (Å²) in [7, 11) is -3.22. The van der Waals surface area contributed by atoms with Gasteiger partial charge in [0.15, 0.2) is 9.84 Å². The van der Waals surface area contributed by atoms with Gasteiger partial charge in [0.1, 0.15) is 0 Å². The van der Waals surface area contributed by atoms with Crippen LogP contribution in [0, 0.1) is 3.57 Å². The quantitative estimate of drug-likeness (QED) is 0.701. The lowest BCUT2D eigenvalue weighted by Gasteiger charge is -2.15. The molecule has 1 N–H and O–H groups in total. The number of carbonyl (C=O) groups is 1. The van der Waals surface area contributed by atoms with Crippen LogP contribution in [0.2, 0.25) is 5.02 Å². The molecule has 0 saturated carbocycles. The average Bonchev–Trinajstić information content (AvgIpc) is 2.46. The highest BCUT2D eigenvalue weighted by Gasteiger charge is 2.15. The molecule has 0 bridgehead atoms. The van der Waals surface area contributed by atoms with E-state index in [4.69, 9.17) is 11.6 Å². The molecular weight excluding hydrogens is 449 g/mol. The second kappa shape index (κ2) is 7.19. The van der Waals surface area contributed by atoms with Crippen molar-refractivity contribution < 1.29 is 13.2 Å². The second-order valence-corrected chi connectivity index (χ2v) is 8.77. The smallest absolute Gasteiger partial charge is 0.252 e. The van der Waals surface area contributed by atoms with Crippen molar-refractivity contribution in [2.75, 3.05) is 6.26 Å². The molecular formula is C16H15ClINO3S. The number of sulfone groups is 1. The zero-order valence-corrected chi connectivity index (χ0v) is 16.2. The largest absolute Gasteiger partial charge is 0.345 e. The Balaban J connectivity index is 2.15. The Morgan fingerprint density at radius 2 is 1.78 bits per heavy atom. The first kappa shape index (κ1) is 18.2. The highest BCUT2D eigenvalue weighted by molar-refractivity contribution is 14.1. The summed E-state index contributed by atoms with van der Waals surface area (Å²) in [6.07, 6.45) is 1.16. The van der Waals surface area contributed by atoms with E-state index in [1.165, 1.54) is 0 Å². The maximum absolute atomic E-state index is 12.3. The van der Waals surface area contributed by atoms with Crippen LogP contribution in [0.5, 0.6) is 0 Å². The Hall–Kier alpha value is -1.12. The van der Waals surface area contributed by atoms with Gasteiger partial charge in [-0.25, -0.2) is 8.42 Å². The van der Waals surface area contributed by atoms with Gasteiger partial charge in [0.25, 0.3) is 5.91 Å². The molecule has 0 radical (unpaired) electrons. The van der Waals surface area contributed by atoms with E-state index in [0.717, 1.165) is 15.4 Å². The van der Waals surface area contributed by atoms with Crippen molar-refractivity contribution in [1.82, 2.24) is 5.32 Å². The first-order valence-corrected chi connectivity index (χ1v) is 10.1. The van der Waals surface area contributed by atoms with Gasteiger partial charge in [-0.2, -0.15) is 0 Å². The molecule has 0 aliphatic carbocycles. The first-order valence-electron chi connectivity index (χ1n) is 6.74. The fourth-order valence-electron chi connectivity index (χ4n) is 2.04. The van der Waals surface area contributed by atoms with Crippen molar-refractivity contribution in [2.24, 2.45) is 0 Å². The van der Waals surface area contributed by atoms with Crippen LogP contribution in [-0.2, 0) is 9.84 Å². The predicted molar refractivity (Wildman–Crippen MR) is 99.6 cm³/mol. The molecule has 0 aliphatic heterocycles. The van der Waals surface area contributed by atoms with Crippen LogP contribution in [0.3, 0.4) is 0 Å². The molecule has 1 unspecified atom stereocenters. The Labute approximate surface area is 154 Å². The van der Waals surface area contributed by atoms with Crippen molar-refractivity contribution in [3.05, 3.63) is 62.2 Å². The van der Waals surface area contributed by atoms with Gasteiger partial charge in [-0.1, -0.05) is 23.7 Å². The molecule has 2 rings (SSSR count). The van der Waals surface area contributed by atoms with E-state index in [1.807, 2.05) is 6.92 Å². The number of rotatable bonds is 4. The average molecular weight is 464 g/mol. The van der Waals surface area contributed by atoms with Crippen LogP contribution in [0.25, 0.3) is 0 Å². The fraction of sp³-hybridized carbons (Fsp3) is 0.188. The molecule has 7 heteroatoms. The number of benzene rings is 2. The van der Waals surface area contributed by atoms with Gasteiger partial charge in [0.2, 0.25) is 0 Å². The number of hydrogen-bond donors (Lipinski definition) is 1. The molecule has 23 heavy (non-hydrogen) atoms. The monoisotopic (exact) mass is 463 g/mol. The number of halogens is 2. The highest BCUT2D eigenvalue weighted by atomic mass is 127. The number of nitrogens with one attached hydrogen (secondary N) is 1. The maximum Gasteiger partial charge on any atom is 0.252 e. The molecule has 0 saturated heterocycles. The number of amides is 1. The molecule has 1 amide bonds. The van der Waals surface area contributed by atoms with Crippen LogP contribution < -0.4 is 5.32 Å². The molecule has 122 valence electrons. The van der Waals surface area contributed by atoms with Gasteiger partial charge < -0.3 is 5.32 Å². The lowest BCUT2D eigenvalue weighted by atomic mass is 10.1. The van der Waals surface area contributed by atoms with Gasteiger partial charge in [0, 0.05) is 14.8 Å². The summed E-state index contributed by atoms with van der Waals surface area (Å²) >= 11 is 7.95. The normalized spacial score (nSPS) is 12.7. The molecule has 0 heterocycles. The van der Waals surface area contributed by atoms with E-state index in [9.17, 15) is 13.2 Å². The van der Waals surface area contributed by atoms with Crippen molar-refractivity contribution in [3.63, 3.8) is 0 Å². The maximum atomic E-state index is 12.3. The third kappa shape index (κ3) is 4.68. The number of carbonyl (C=O) groups excluding carboxylic acids is 1. The lowest BCUT2D eigenvalue weighted by molar-refractivity contribution is 0.0939. The highest BCUT2D eigenvalue weighted by Crippen LogP contribution is 2.20. The van der Waals surface area contributed by atoms with E-state index >= 15 is 0 Å². The molecule has 4 nitrogen and oxygen atoms in total. The minimum atomic E-state index is -3.22. The summed E-state index contributed by atoms with van der Waals surface area (Å²) in [5.74, 6) is -0.203. The third-order valence-corrected chi connectivity index (χ3v) is 5.59. The minimum absolute atomic E-state index is 0.203. The van der Waals surface area contributed by atoms with Crippen LogP contribution in [0.15, 0.2) is 47.4 Å². The van der Waals surface area contributed by atoms with Crippen molar-refractivity contribution >= 4 is 49.9 Å². The summed E-state index contributed by atoms with van der Waals surface area (Å²) in [5, 5.41) is 3.47. The van der Waals surface area contributed by atoms with Crippen molar-refractivity contribution in [3.8, 4) is 0 Å². The van der Waals surface area contributed by atoms with E-state index in [1.54, 1.807) is 42.5 Å². The van der Waals surface area contributed by atoms with E-state index < -0.39 is 9.84 Å². The van der Waals surface area contributed by atoms with E-state index in [-0.39, 0.29) is 16.8 Å². The summed E-state index contributed by atoms with van der Waals surface area (Å²) in [6, 6.07) is 11.3. The minimum Gasteiger partial charge on any atom is -0.345 e. The Bertz CT molecular complexity index is 835. The Kier molecular flexibility index (Phi) is 5.70. The van der Waals surface area contributed by atoms with Crippen LogP contribution in [-0.4, -0.2) is 20.6 Å². The molecule has 1 atom stereocenters. The molecule has 0 aromatic heterocycles. The van der Waals surface area contributed by atoms with Gasteiger partial charge in [0.05, 0.1) is 16.5 Å². The van der Waals surface area contributed by atoms with Gasteiger partial charge >= 0.3 is 0 Å². The SMILES string of the molecule is CC(NC(=O)c1ccc(Cl)cc1I)c1ccc(S(C)(=O)=O)cc1. The zero-order chi connectivity index (χ0) is 17.2. The molecule has 2 aromatic carbocycles. The Morgan fingerprint density at radius 3 is 2.30 bits per heavy atom. The second-order valence-electron chi connectivity index (χ2n) is 5.16. The molecule has 2 aromatic rings. The summed E-state index contributed by atoms with van der Waals surface area (Å²) in [4.78, 5) is 12.6. The first-order chi connectivity index (χ1) is 10.7. The van der Waals surface area contributed by atoms with E-state index in [2.05, 4.69) is 27.9 Å². The van der Waals surface area contributed by atoms with Crippen LogP contribution in [0.1, 0.15) is 28.9 Å². The summed E-state index contributed by atoms with van der Waals surface area (Å²) in [5.41, 5.74) is 1.38. The van der Waals surface area contributed by atoms with Crippen LogP contribution >= 0.6 is 34.2 Å². The van der Waals surface area contributed by atoms with Crippen molar-refractivity contribution in [2.45, 2.75) is 17.9 Å². The van der Waals surface area contributed by atoms with Crippen LogP contribution in [0.4, 0.5) is 0 Å². The molecule has 0 spiro atoms. The fourth-order valence-corrected chi connectivity index (χ4v) is 3.78. The molecule has 0 aliphatic rings. The van der Waals surface area contributed by atoms with Crippen molar-refractivity contribution in [1.29, 1.82) is 0 Å². The third-order valence-electron chi connectivity index (χ3n) is 3.33. The topological polar surface area (TPSA) is 63.2 Å². The van der Waals surface area contributed by atoms with Gasteiger partial charge in [-0.15, -0.1) is 0 Å². The zero-order valence-electron chi connectivity index (χ0n) is 12.5. The summed E-state index contributed by atoms with van der Waals surface area (Å²) < 4.78 is 23.7. The summed E-state index contributed by atoms with van der Waals surface area (Å²) in [6.45, 7) is 1.84. The van der Waals surface area contributed by atoms with Gasteiger partial charge in [-0.3, -0.25) is 4.79 Å². The predicted octanol–water partition coefficient (Wildman–Crippen LogP) is 3.84. The number of hydrogen-bond acceptors (Lipinski definition) is 3. The van der Waals surface area contributed by atoms with Gasteiger partial charge in [-0.05, 0) is 65.4 Å².